The Kier molecular flexibility index (Phi) is 12.4. The molecule has 8 heteroatoms. The molecule has 0 amide bonds. The maximum atomic E-state index is 11.3. The van der Waals surface area contributed by atoms with Crippen LogP contribution >= 0.6 is 0 Å². The molecule has 0 N–H and O–H groups in total. The number of rotatable bonds is 13. The van der Waals surface area contributed by atoms with E-state index in [1.165, 1.54) is 12.2 Å². The summed E-state index contributed by atoms with van der Waals surface area (Å²) in [5.74, 6) is -2.26. The Labute approximate surface area is 140 Å². The molecular formula is C16H22O8. The van der Waals surface area contributed by atoms with Gasteiger partial charge in [-0.25, -0.2) is 0 Å². The Morgan fingerprint density at radius 1 is 0.583 bits per heavy atom. The minimum absolute atomic E-state index is 0.0883. The molecule has 134 valence electrons. The molecule has 24 heavy (non-hydrogen) atoms. The maximum absolute atomic E-state index is 11.3. The third-order valence-electron chi connectivity index (χ3n) is 2.40. The lowest BCUT2D eigenvalue weighted by molar-refractivity contribution is -0.155. The van der Waals surface area contributed by atoms with E-state index in [2.05, 4.69) is 13.2 Å². The SMILES string of the molecule is C=CCOC(=O)CCC(=O)OCCOC(=O)CCC(=O)OCC=C. The molecule has 0 bridgehead atoms. The maximum Gasteiger partial charge on any atom is 0.306 e. The minimum Gasteiger partial charge on any atom is -0.462 e. The average molecular weight is 342 g/mol. The molecule has 0 aliphatic heterocycles. The second-order valence-corrected chi connectivity index (χ2v) is 4.38. The van der Waals surface area contributed by atoms with Crippen molar-refractivity contribution in [2.45, 2.75) is 25.7 Å². The van der Waals surface area contributed by atoms with Gasteiger partial charge in [0.15, 0.2) is 0 Å². The van der Waals surface area contributed by atoms with Crippen LogP contribution in [0.15, 0.2) is 25.3 Å². The molecule has 0 aromatic rings. The van der Waals surface area contributed by atoms with Crippen LogP contribution in [0.1, 0.15) is 25.7 Å². The summed E-state index contributed by atoms with van der Waals surface area (Å²) in [4.78, 5) is 44.9. The molecule has 0 fully saturated rings. The van der Waals surface area contributed by atoms with Gasteiger partial charge in [0, 0.05) is 0 Å². The topological polar surface area (TPSA) is 105 Å². The molecular weight excluding hydrogens is 320 g/mol. The highest BCUT2D eigenvalue weighted by Gasteiger charge is 2.11. The Morgan fingerprint density at radius 3 is 1.17 bits per heavy atom. The molecule has 0 aromatic carbocycles. The Balaban J connectivity index is 3.62. The fourth-order valence-corrected chi connectivity index (χ4v) is 1.31. The number of ether oxygens (including phenoxy) is 4. The summed E-state index contributed by atoms with van der Waals surface area (Å²) in [5, 5.41) is 0. The number of esters is 4. The van der Waals surface area contributed by atoms with Crippen LogP contribution in [-0.2, 0) is 38.1 Å². The van der Waals surface area contributed by atoms with Crippen molar-refractivity contribution in [3.63, 3.8) is 0 Å². The molecule has 0 rings (SSSR count). The van der Waals surface area contributed by atoms with Gasteiger partial charge in [0.1, 0.15) is 26.4 Å². The molecule has 0 aliphatic rings. The molecule has 8 nitrogen and oxygen atoms in total. The first kappa shape index (κ1) is 21.4. The first-order valence-electron chi connectivity index (χ1n) is 7.33. The van der Waals surface area contributed by atoms with Crippen molar-refractivity contribution < 1.29 is 38.1 Å². The summed E-state index contributed by atoms with van der Waals surface area (Å²) in [7, 11) is 0. The van der Waals surface area contributed by atoms with Crippen molar-refractivity contribution in [2.24, 2.45) is 0 Å². The van der Waals surface area contributed by atoms with Crippen molar-refractivity contribution in [3.8, 4) is 0 Å². The highest BCUT2D eigenvalue weighted by atomic mass is 16.6. The van der Waals surface area contributed by atoms with Gasteiger partial charge >= 0.3 is 23.9 Å². The number of hydrogen-bond donors (Lipinski definition) is 0. The van der Waals surface area contributed by atoms with E-state index in [1.54, 1.807) is 0 Å². The van der Waals surface area contributed by atoms with E-state index in [0.29, 0.717) is 0 Å². The van der Waals surface area contributed by atoms with Crippen LogP contribution in [0.3, 0.4) is 0 Å². The predicted octanol–water partition coefficient (Wildman–Crippen LogP) is 1.09. The van der Waals surface area contributed by atoms with Crippen LogP contribution in [0.25, 0.3) is 0 Å². The number of hydrogen-bond acceptors (Lipinski definition) is 8. The van der Waals surface area contributed by atoms with E-state index in [9.17, 15) is 19.2 Å². The van der Waals surface area contributed by atoms with Gasteiger partial charge in [-0.05, 0) is 0 Å². The number of carbonyl (C=O) groups is 4. The summed E-state index contributed by atoms with van der Waals surface area (Å²) in [5.41, 5.74) is 0. The third kappa shape index (κ3) is 13.1. The third-order valence-corrected chi connectivity index (χ3v) is 2.40. The van der Waals surface area contributed by atoms with Crippen LogP contribution < -0.4 is 0 Å². The molecule has 0 aromatic heterocycles. The van der Waals surface area contributed by atoms with Crippen LogP contribution in [0.5, 0.6) is 0 Å². The van der Waals surface area contributed by atoms with E-state index in [-0.39, 0.29) is 52.1 Å². The van der Waals surface area contributed by atoms with Gasteiger partial charge in [-0.15, -0.1) is 0 Å². The molecule has 0 saturated heterocycles. The van der Waals surface area contributed by atoms with Crippen molar-refractivity contribution in [2.75, 3.05) is 26.4 Å². The van der Waals surface area contributed by atoms with Crippen molar-refractivity contribution in [1.29, 1.82) is 0 Å². The molecule has 0 spiro atoms. The van der Waals surface area contributed by atoms with Gasteiger partial charge in [-0.2, -0.15) is 0 Å². The predicted molar refractivity (Wildman–Crippen MR) is 82.7 cm³/mol. The fraction of sp³-hybridized carbons (Fsp3) is 0.500. The number of carbonyl (C=O) groups excluding carboxylic acids is 4. The Morgan fingerprint density at radius 2 is 0.875 bits per heavy atom. The smallest absolute Gasteiger partial charge is 0.306 e. The first-order valence-corrected chi connectivity index (χ1v) is 7.33. The van der Waals surface area contributed by atoms with Gasteiger partial charge in [0.2, 0.25) is 0 Å². The second-order valence-electron chi connectivity index (χ2n) is 4.38. The van der Waals surface area contributed by atoms with Crippen molar-refractivity contribution in [1.82, 2.24) is 0 Å². The summed E-state index contributed by atoms with van der Waals surface area (Å²) < 4.78 is 18.9. The standard InChI is InChI=1S/C16H22O8/c1-3-9-21-13(17)5-7-15(19)23-11-12-24-16(20)8-6-14(18)22-10-4-2/h3-4H,1-2,5-12H2. The van der Waals surface area contributed by atoms with E-state index in [1.807, 2.05) is 0 Å². The Hall–Kier alpha value is -2.64. The van der Waals surface area contributed by atoms with Gasteiger partial charge in [-0.3, -0.25) is 19.2 Å². The van der Waals surface area contributed by atoms with Crippen molar-refractivity contribution >= 4 is 23.9 Å². The molecule has 0 aliphatic carbocycles. The lowest BCUT2D eigenvalue weighted by Crippen LogP contribution is -2.16. The highest BCUT2D eigenvalue weighted by Crippen LogP contribution is 1.98. The lowest BCUT2D eigenvalue weighted by Gasteiger charge is -2.06. The lowest BCUT2D eigenvalue weighted by atomic mass is 10.3. The average Bonchev–Trinajstić information content (AvgIpc) is 2.58. The summed E-state index contributed by atoms with van der Waals surface area (Å²) in [6.45, 7) is 6.69. The van der Waals surface area contributed by atoms with Crippen LogP contribution in [-0.4, -0.2) is 50.3 Å². The normalized spacial score (nSPS) is 9.50. The van der Waals surface area contributed by atoms with Crippen molar-refractivity contribution in [3.05, 3.63) is 25.3 Å². The van der Waals surface area contributed by atoms with E-state index >= 15 is 0 Å². The summed E-state index contributed by atoms with van der Waals surface area (Å²) in [6.07, 6.45) is 2.39. The molecule has 0 atom stereocenters. The van der Waals surface area contributed by atoms with Crippen LogP contribution in [0, 0.1) is 0 Å². The van der Waals surface area contributed by atoms with Gasteiger partial charge < -0.3 is 18.9 Å². The van der Waals surface area contributed by atoms with Crippen LogP contribution in [0.2, 0.25) is 0 Å². The highest BCUT2D eigenvalue weighted by molar-refractivity contribution is 5.78. The van der Waals surface area contributed by atoms with Gasteiger partial charge in [0.25, 0.3) is 0 Å². The largest absolute Gasteiger partial charge is 0.462 e. The van der Waals surface area contributed by atoms with E-state index in [4.69, 9.17) is 18.9 Å². The summed E-state index contributed by atoms with van der Waals surface area (Å²) >= 11 is 0. The fourth-order valence-electron chi connectivity index (χ4n) is 1.31. The zero-order valence-electron chi connectivity index (χ0n) is 13.5. The van der Waals surface area contributed by atoms with Crippen LogP contribution in [0.4, 0.5) is 0 Å². The molecule has 0 saturated carbocycles. The minimum atomic E-state index is -0.602. The van der Waals surface area contributed by atoms with Gasteiger partial charge in [0.05, 0.1) is 25.7 Å². The molecule has 0 heterocycles. The summed E-state index contributed by atoms with van der Waals surface area (Å²) in [6, 6.07) is 0. The zero-order chi connectivity index (χ0) is 18.2. The molecule has 0 radical (unpaired) electrons. The zero-order valence-corrected chi connectivity index (χ0v) is 13.5. The quantitative estimate of drug-likeness (QED) is 0.212. The van der Waals surface area contributed by atoms with E-state index in [0.717, 1.165) is 0 Å². The second kappa shape index (κ2) is 14.0. The van der Waals surface area contributed by atoms with Gasteiger partial charge in [-0.1, -0.05) is 25.3 Å². The first-order chi connectivity index (χ1) is 11.5. The van der Waals surface area contributed by atoms with E-state index < -0.39 is 23.9 Å². The Bertz CT molecular complexity index is 413. The monoisotopic (exact) mass is 342 g/mol. The molecule has 0 unspecified atom stereocenters.